The highest BCUT2D eigenvalue weighted by Crippen LogP contribution is 2.29. The number of aliphatic hydroxyl groups excluding tert-OH is 1. The summed E-state index contributed by atoms with van der Waals surface area (Å²) in [5.41, 5.74) is 0.479. The normalized spacial score (nSPS) is 10.3. The van der Waals surface area contributed by atoms with E-state index < -0.39 is 4.92 Å². The molecule has 0 aliphatic carbocycles. The number of benzene rings is 1. The molecule has 2 rings (SSSR count). The zero-order valence-corrected chi connectivity index (χ0v) is 10.8. The largest absolute Gasteiger partial charge is 0.495 e. The van der Waals surface area contributed by atoms with Crippen molar-refractivity contribution in [3.8, 4) is 5.75 Å². The maximum atomic E-state index is 10.8. The summed E-state index contributed by atoms with van der Waals surface area (Å²) in [7, 11) is 1.49. The molecule has 0 unspecified atom stereocenters. The van der Waals surface area contributed by atoms with Gasteiger partial charge in [-0.15, -0.1) is 0 Å². The summed E-state index contributed by atoms with van der Waals surface area (Å²) in [6.45, 7) is 0.164. The number of nitrogens with one attached hydrogen (secondary N) is 1. The lowest BCUT2D eigenvalue weighted by Gasteiger charge is -2.09. The molecule has 1 heterocycles. The van der Waals surface area contributed by atoms with Gasteiger partial charge in [0.15, 0.2) is 0 Å². The molecule has 0 atom stereocenters. The first-order valence-corrected chi connectivity index (χ1v) is 5.88. The van der Waals surface area contributed by atoms with E-state index in [1.54, 1.807) is 12.1 Å². The summed E-state index contributed by atoms with van der Waals surface area (Å²) >= 11 is 0. The van der Waals surface area contributed by atoms with E-state index in [1.807, 2.05) is 0 Å². The number of ether oxygens (including phenoxy) is 1. The second-order valence-electron chi connectivity index (χ2n) is 4.02. The molecule has 7 heteroatoms. The van der Waals surface area contributed by atoms with Gasteiger partial charge in [0.1, 0.15) is 23.9 Å². The Bertz CT molecular complexity index is 609. The Balaban J connectivity index is 2.14. The highest BCUT2D eigenvalue weighted by molar-refractivity contribution is 5.61. The fourth-order valence-corrected chi connectivity index (χ4v) is 1.73. The fraction of sp³-hybridized carbons (Fsp3) is 0.231. The topological polar surface area (TPSA) is 97.8 Å². The van der Waals surface area contributed by atoms with Crippen LogP contribution in [0.5, 0.6) is 5.75 Å². The van der Waals surface area contributed by atoms with Crippen LogP contribution in [0, 0.1) is 10.1 Å². The van der Waals surface area contributed by atoms with E-state index in [9.17, 15) is 10.1 Å². The van der Waals surface area contributed by atoms with Gasteiger partial charge in [0.25, 0.3) is 5.69 Å². The minimum atomic E-state index is -0.471. The number of methoxy groups -OCH3 is 1. The van der Waals surface area contributed by atoms with Gasteiger partial charge in [0.2, 0.25) is 0 Å². The minimum absolute atomic E-state index is 0.0243. The maximum absolute atomic E-state index is 10.8. The molecule has 0 fully saturated rings. The first kappa shape index (κ1) is 13.9. The van der Waals surface area contributed by atoms with Crippen LogP contribution in [-0.2, 0) is 13.2 Å². The highest BCUT2D eigenvalue weighted by atomic mass is 16.6. The van der Waals surface area contributed by atoms with E-state index in [1.165, 1.54) is 25.3 Å². The van der Waals surface area contributed by atoms with E-state index in [-0.39, 0.29) is 12.3 Å². The van der Waals surface area contributed by atoms with Crippen LogP contribution in [0.1, 0.15) is 11.5 Å². The number of aliphatic hydroxyl groups is 1. The zero-order chi connectivity index (χ0) is 14.5. The Morgan fingerprint density at radius 3 is 2.70 bits per heavy atom. The Labute approximate surface area is 114 Å². The Morgan fingerprint density at radius 1 is 1.35 bits per heavy atom. The molecule has 7 nitrogen and oxygen atoms in total. The molecule has 1 aromatic carbocycles. The number of hydrogen-bond acceptors (Lipinski definition) is 6. The van der Waals surface area contributed by atoms with Crippen LogP contribution in [-0.4, -0.2) is 17.1 Å². The molecule has 2 N–H and O–H groups in total. The molecule has 0 aliphatic heterocycles. The van der Waals surface area contributed by atoms with Crippen LogP contribution >= 0.6 is 0 Å². The van der Waals surface area contributed by atoms with Crippen LogP contribution in [0.2, 0.25) is 0 Å². The van der Waals surface area contributed by atoms with Gasteiger partial charge in [-0.3, -0.25) is 10.1 Å². The monoisotopic (exact) mass is 278 g/mol. The van der Waals surface area contributed by atoms with Crippen molar-refractivity contribution in [3.05, 3.63) is 52.0 Å². The van der Waals surface area contributed by atoms with Gasteiger partial charge in [-0.25, -0.2) is 0 Å². The number of anilines is 1. The van der Waals surface area contributed by atoms with Gasteiger partial charge in [0, 0.05) is 12.1 Å². The van der Waals surface area contributed by atoms with Crippen molar-refractivity contribution in [2.24, 2.45) is 0 Å². The average molecular weight is 278 g/mol. The number of hydrogen-bond donors (Lipinski definition) is 2. The molecule has 106 valence electrons. The fourth-order valence-electron chi connectivity index (χ4n) is 1.73. The summed E-state index contributed by atoms with van der Waals surface area (Å²) in [4.78, 5) is 10.3. The number of rotatable bonds is 6. The second-order valence-corrected chi connectivity index (χ2v) is 4.02. The third-order valence-corrected chi connectivity index (χ3v) is 2.72. The number of non-ortho nitro benzene ring substituents is 1. The molecule has 0 saturated heterocycles. The van der Waals surface area contributed by atoms with E-state index in [0.29, 0.717) is 29.5 Å². The number of furan rings is 1. The molecule has 20 heavy (non-hydrogen) atoms. The van der Waals surface area contributed by atoms with E-state index in [2.05, 4.69) is 5.32 Å². The molecule has 0 radical (unpaired) electrons. The van der Waals surface area contributed by atoms with Gasteiger partial charge in [-0.2, -0.15) is 0 Å². The Hall–Kier alpha value is -2.54. The van der Waals surface area contributed by atoms with Crippen LogP contribution in [0.3, 0.4) is 0 Å². The average Bonchev–Trinajstić information content (AvgIpc) is 2.92. The zero-order valence-electron chi connectivity index (χ0n) is 10.8. The first-order valence-electron chi connectivity index (χ1n) is 5.88. The summed E-state index contributed by atoms with van der Waals surface area (Å²) in [5, 5.41) is 22.7. The third-order valence-electron chi connectivity index (χ3n) is 2.72. The number of nitro groups is 1. The molecule has 0 amide bonds. The molecule has 1 aromatic heterocycles. The standard InChI is InChI=1S/C13H14N2O5/c1-19-13-5-2-9(15(17)18)6-12(13)14-7-10-3-4-11(8-16)20-10/h2-6,14,16H,7-8H2,1H3. The third kappa shape index (κ3) is 3.07. The van der Waals surface area contributed by atoms with Crippen molar-refractivity contribution in [1.29, 1.82) is 0 Å². The molecule has 0 saturated carbocycles. The second kappa shape index (κ2) is 6.07. The molecule has 0 aliphatic rings. The molecular formula is C13H14N2O5. The lowest BCUT2D eigenvalue weighted by Crippen LogP contribution is -2.01. The molecule has 2 aromatic rings. The van der Waals surface area contributed by atoms with E-state index in [0.717, 1.165) is 0 Å². The summed E-state index contributed by atoms with van der Waals surface area (Å²) in [5.74, 6) is 1.58. The summed E-state index contributed by atoms with van der Waals surface area (Å²) in [6.07, 6.45) is 0. The molecule has 0 spiro atoms. The van der Waals surface area contributed by atoms with Gasteiger partial charge in [-0.1, -0.05) is 0 Å². The van der Waals surface area contributed by atoms with Crippen LogP contribution in [0.25, 0.3) is 0 Å². The van der Waals surface area contributed by atoms with Crippen molar-refractivity contribution < 1.29 is 19.2 Å². The summed E-state index contributed by atoms with van der Waals surface area (Å²) in [6, 6.07) is 7.70. The lowest BCUT2D eigenvalue weighted by atomic mass is 10.2. The Morgan fingerprint density at radius 2 is 2.10 bits per heavy atom. The van der Waals surface area contributed by atoms with Crippen molar-refractivity contribution in [2.75, 3.05) is 12.4 Å². The van der Waals surface area contributed by atoms with Crippen molar-refractivity contribution in [1.82, 2.24) is 0 Å². The quantitative estimate of drug-likeness (QED) is 0.621. The molecular weight excluding hydrogens is 264 g/mol. The lowest BCUT2D eigenvalue weighted by molar-refractivity contribution is -0.384. The smallest absolute Gasteiger partial charge is 0.271 e. The predicted molar refractivity (Wildman–Crippen MR) is 71.6 cm³/mol. The minimum Gasteiger partial charge on any atom is -0.495 e. The van der Waals surface area contributed by atoms with Gasteiger partial charge >= 0.3 is 0 Å². The summed E-state index contributed by atoms with van der Waals surface area (Å²) < 4.78 is 10.5. The van der Waals surface area contributed by atoms with Gasteiger partial charge in [-0.05, 0) is 18.2 Å². The molecule has 0 bridgehead atoms. The maximum Gasteiger partial charge on any atom is 0.271 e. The first-order chi connectivity index (χ1) is 9.63. The SMILES string of the molecule is COc1ccc([N+](=O)[O-])cc1NCc1ccc(CO)o1. The van der Waals surface area contributed by atoms with Crippen molar-refractivity contribution in [3.63, 3.8) is 0 Å². The van der Waals surface area contributed by atoms with Crippen LogP contribution in [0.4, 0.5) is 11.4 Å². The van der Waals surface area contributed by atoms with Gasteiger partial charge < -0.3 is 19.6 Å². The van der Waals surface area contributed by atoms with E-state index in [4.69, 9.17) is 14.3 Å². The van der Waals surface area contributed by atoms with Crippen molar-refractivity contribution in [2.45, 2.75) is 13.2 Å². The predicted octanol–water partition coefficient (Wildman–Crippen LogP) is 2.30. The van der Waals surface area contributed by atoms with E-state index >= 15 is 0 Å². The highest BCUT2D eigenvalue weighted by Gasteiger charge is 2.11. The number of nitrogens with zero attached hydrogens (tertiary/aromatic N) is 1. The van der Waals surface area contributed by atoms with Crippen molar-refractivity contribution >= 4 is 11.4 Å². The van der Waals surface area contributed by atoms with Crippen LogP contribution in [0.15, 0.2) is 34.7 Å². The van der Waals surface area contributed by atoms with Crippen LogP contribution < -0.4 is 10.1 Å². The number of nitro benzene ring substituents is 1. The Kier molecular flexibility index (Phi) is 4.21. The van der Waals surface area contributed by atoms with Gasteiger partial charge in [0.05, 0.1) is 24.3 Å².